The third-order valence-electron chi connectivity index (χ3n) is 4.38. The normalized spacial score (nSPS) is 15.2. The molecule has 1 aliphatic heterocycles. The van der Waals surface area contributed by atoms with E-state index < -0.39 is 29.3 Å². The van der Waals surface area contributed by atoms with Crippen molar-refractivity contribution in [1.29, 1.82) is 0 Å². The summed E-state index contributed by atoms with van der Waals surface area (Å²) >= 11 is 0. The van der Waals surface area contributed by atoms with Crippen LogP contribution in [-0.2, 0) is 0 Å². The van der Waals surface area contributed by atoms with Gasteiger partial charge in [-0.15, -0.1) is 0 Å². The zero-order chi connectivity index (χ0) is 18.0. The van der Waals surface area contributed by atoms with Crippen molar-refractivity contribution in [3.8, 4) is 0 Å². The number of halogens is 2. The number of hydrogen-bond donors (Lipinski definition) is 1. The quantitative estimate of drug-likeness (QED) is 0.861. The lowest BCUT2D eigenvalue weighted by atomic mass is 9.88. The standard InChI is InChI=1S/C18H16F2N2O3/c19-12-3-4-15(20)14(10-12)16(23)11-5-8-22(9-6-11)17-13(18(24)25)2-1-7-21-17/h1-4,7,10-11H,5-6,8-9H2,(H,24,25). The molecule has 0 unspecified atom stereocenters. The average Bonchev–Trinajstić information content (AvgIpc) is 2.63. The molecule has 130 valence electrons. The Morgan fingerprint density at radius 1 is 1.12 bits per heavy atom. The number of anilines is 1. The second-order valence-electron chi connectivity index (χ2n) is 5.93. The van der Waals surface area contributed by atoms with E-state index in [1.54, 1.807) is 11.0 Å². The van der Waals surface area contributed by atoms with E-state index in [-0.39, 0.29) is 11.1 Å². The van der Waals surface area contributed by atoms with Gasteiger partial charge in [-0.2, -0.15) is 0 Å². The van der Waals surface area contributed by atoms with Crippen LogP contribution in [-0.4, -0.2) is 34.9 Å². The van der Waals surface area contributed by atoms with E-state index in [2.05, 4.69) is 4.98 Å². The van der Waals surface area contributed by atoms with E-state index in [9.17, 15) is 23.5 Å². The van der Waals surface area contributed by atoms with Gasteiger partial charge in [0.2, 0.25) is 0 Å². The number of benzene rings is 1. The maximum absolute atomic E-state index is 13.8. The van der Waals surface area contributed by atoms with Crippen LogP contribution >= 0.6 is 0 Å². The minimum absolute atomic E-state index is 0.100. The van der Waals surface area contributed by atoms with E-state index in [1.165, 1.54) is 12.3 Å². The molecule has 0 atom stereocenters. The molecule has 1 saturated heterocycles. The first-order valence-electron chi connectivity index (χ1n) is 7.90. The number of aromatic nitrogens is 1. The van der Waals surface area contributed by atoms with Crippen molar-refractivity contribution in [2.45, 2.75) is 12.8 Å². The molecule has 1 N–H and O–H groups in total. The van der Waals surface area contributed by atoms with Crippen molar-refractivity contribution in [3.63, 3.8) is 0 Å². The second kappa shape index (κ2) is 6.96. The van der Waals surface area contributed by atoms with Gasteiger partial charge in [0, 0.05) is 25.2 Å². The lowest BCUT2D eigenvalue weighted by molar-refractivity contribution is 0.0696. The van der Waals surface area contributed by atoms with E-state index >= 15 is 0 Å². The SMILES string of the molecule is O=C(O)c1cccnc1N1CCC(C(=O)c2cc(F)ccc2F)CC1. The molecule has 1 aromatic heterocycles. The molecule has 0 spiro atoms. The van der Waals surface area contributed by atoms with Crippen molar-refractivity contribution in [3.05, 3.63) is 59.3 Å². The monoisotopic (exact) mass is 346 g/mol. The summed E-state index contributed by atoms with van der Waals surface area (Å²) in [5, 5.41) is 9.24. The molecule has 1 fully saturated rings. The Hall–Kier alpha value is -2.83. The van der Waals surface area contributed by atoms with Crippen LogP contribution in [0.5, 0.6) is 0 Å². The maximum Gasteiger partial charge on any atom is 0.339 e. The zero-order valence-corrected chi connectivity index (χ0v) is 13.3. The van der Waals surface area contributed by atoms with E-state index in [0.717, 1.165) is 18.2 Å². The summed E-state index contributed by atoms with van der Waals surface area (Å²) in [5.74, 6) is -2.94. The number of carboxylic acids is 1. The topological polar surface area (TPSA) is 70.5 Å². The molecule has 1 aromatic carbocycles. The van der Waals surface area contributed by atoms with Crippen molar-refractivity contribution in [2.75, 3.05) is 18.0 Å². The van der Waals surface area contributed by atoms with Crippen LogP contribution in [0.3, 0.4) is 0 Å². The minimum Gasteiger partial charge on any atom is -0.478 e. The number of hydrogen-bond acceptors (Lipinski definition) is 4. The van der Waals surface area contributed by atoms with E-state index in [0.29, 0.717) is 31.7 Å². The highest BCUT2D eigenvalue weighted by molar-refractivity contribution is 5.98. The van der Waals surface area contributed by atoms with Crippen LogP contribution in [0.2, 0.25) is 0 Å². The molecule has 0 aliphatic carbocycles. The Morgan fingerprint density at radius 2 is 1.84 bits per heavy atom. The van der Waals surface area contributed by atoms with Gasteiger partial charge in [0.25, 0.3) is 0 Å². The lowest BCUT2D eigenvalue weighted by Gasteiger charge is -2.32. The summed E-state index contributed by atoms with van der Waals surface area (Å²) in [7, 11) is 0. The fourth-order valence-corrected chi connectivity index (χ4v) is 3.08. The van der Waals surface area contributed by atoms with Crippen LogP contribution in [0.25, 0.3) is 0 Å². The van der Waals surface area contributed by atoms with Gasteiger partial charge in [0.1, 0.15) is 23.0 Å². The van der Waals surface area contributed by atoms with Crippen LogP contribution < -0.4 is 4.90 Å². The lowest BCUT2D eigenvalue weighted by Crippen LogP contribution is -2.37. The molecule has 2 heterocycles. The number of carboxylic acid groups (broad SMARTS) is 1. The number of aromatic carboxylic acids is 1. The highest BCUT2D eigenvalue weighted by atomic mass is 19.1. The fraction of sp³-hybridized carbons (Fsp3) is 0.278. The summed E-state index contributed by atoms with van der Waals surface area (Å²) in [6.07, 6.45) is 2.36. The number of pyridine rings is 1. The number of Topliss-reactive ketones (excluding diaryl/α,β-unsaturated/α-hetero) is 1. The van der Waals surface area contributed by atoms with Gasteiger partial charge in [-0.1, -0.05) is 0 Å². The maximum atomic E-state index is 13.8. The molecule has 7 heteroatoms. The largest absolute Gasteiger partial charge is 0.478 e. The van der Waals surface area contributed by atoms with E-state index in [1.807, 2.05) is 0 Å². The molecule has 0 bridgehead atoms. The third kappa shape index (κ3) is 3.50. The first-order valence-corrected chi connectivity index (χ1v) is 7.90. The summed E-state index contributed by atoms with van der Waals surface area (Å²) in [6.45, 7) is 0.843. The summed E-state index contributed by atoms with van der Waals surface area (Å²) in [5.41, 5.74) is -0.133. The number of rotatable bonds is 4. The number of piperidine rings is 1. The molecule has 25 heavy (non-hydrogen) atoms. The molecule has 0 saturated carbocycles. The van der Waals surface area contributed by atoms with Gasteiger partial charge in [0.05, 0.1) is 5.56 Å². The summed E-state index contributed by atoms with van der Waals surface area (Å²) in [6, 6.07) is 5.87. The first kappa shape index (κ1) is 17.0. The van der Waals surface area contributed by atoms with Crippen molar-refractivity contribution in [1.82, 2.24) is 4.98 Å². The molecular formula is C18H16F2N2O3. The highest BCUT2D eigenvalue weighted by Crippen LogP contribution is 2.27. The van der Waals surface area contributed by atoms with Crippen LogP contribution in [0.4, 0.5) is 14.6 Å². The molecule has 2 aromatic rings. The molecule has 0 radical (unpaired) electrons. The van der Waals surface area contributed by atoms with Crippen LogP contribution in [0.1, 0.15) is 33.6 Å². The predicted octanol–water partition coefficient (Wildman–Crippen LogP) is 3.16. The molecule has 5 nitrogen and oxygen atoms in total. The second-order valence-corrected chi connectivity index (χ2v) is 5.93. The van der Waals surface area contributed by atoms with Crippen molar-refractivity contribution in [2.24, 2.45) is 5.92 Å². The van der Waals surface area contributed by atoms with Crippen molar-refractivity contribution >= 4 is 17.6 Å². The summed E-state index contributed by atoms with van der Waals surface area (Å²) < 4.78 is 27.1. The van der Waals surface area contributed by atoms with Gasteiger partial charge < -0.3 is 10.0 Å². The van der Waals surface area contributed by atoms with Gasteiger partial charge in [-0.3, -0.25) is 4.79 Å². The third-order valence-corrected chi connectivity index (χ3v) is 4.38. The van der Waals surface area contributed by atoms with Crippen LogP contribution in [0, 0.1) is 17.6 Å². The molecular weight excluding hydrogens is 330 g/mol. The molecule has 3 rings (SSSR count). The summed E-state index contributed by atoms with van der Waals surface area (Å²) in [4.78, 5) is 29.7. The Labute approximate surface area is 142 Å². The molecule has 0 amide bonds. The fourth-order valence-electron chi connectivity index (χ4n) is 3.08. The highest BCUT2D eigenvalue weighted by Gasteiger charge is 2.29. The minimum atomic E-state index is -1.07. The van der Waals surface area contributed by atoms with Gasteiger partial charge in [0.15, 0.2) is 5.78 Å². The number of nitrogens with zero attached hydrogens (tertiary/aromatic N) is 2. The first-order chi connectivity index (χ1) is 12.0. The molecule has 1 aliphatic rings. The number of carbonyl (C=O) groups excluding carboxylic acids is 1. The number of ketones is 1. The number of carbonyl (C=O) groups is 2. The predicted molar refractivity (Wildman–Crippen MR) is 86.8 cm³/mol. The Bertz CT molecular complexity index is 818. The average molecular weight is 346 g/mol. The van der Waals surface area contributed by atoms with Gasteiger partial charge >= 0.3 is 5.97 Å². The van der Waals surface area contributed by atoms with Crippen molar-refractivity contribution < 1.29 is 23.5 Å². The van der Waals surface area contributed by atoms with Gasteiger partial charge in [-0.25, -0.2) is 18.6 Å². The Kier molecular flexibility index (Phi) is 4.74. The Balaban J connectivity index is 1.73. The smallest absolute Gasteiger partial charge is 0.339 e. The van der Waals surface area contributed by atoms with Crippen LogP contribution in [0.15, 0.2) is 36.5 Å². The Morgan fingerprint density at radius 3 is 2.52 bits per heavy atom. The van der Waals surface area contributed by atoms with Gasteiger partial charge in [-0.05, 0) is 43.2 Å². The van der Waals surface area contributed by atoms with E-state index in [4.69, 9.17) is 0 Å². The zero-order valence-electron chi connectivity index (χ0n) is 13.3.